The number of allylic oxidation sites excluding steroid dienone is 4. The summed E-state index contributed by atoms with van der Waals surface area (Å²) in [5.41, 5.74) is 3.15. The predicted molar refractivity (Wildman–Crippen MR) is 52.7 cm³/mol. The van der Waals surface area contributed by atoms with Gasteiger partial charge in [0.25, 0.3) is 0 Å². The summed E-state index contributed by atoms with van der Waals surface area (Å²) >= 11 is 0. The van der Waals surface area contributed by atoms with Crippen LogP contribution in [0.1, 0.15) is 47.0 Å². The molecule has 0 aliphatic heterocycles. The molecule has 0 atom stereocenters. The van der Waals surface area contributed by atoms with E-state index >= 15 is 0 Å². The summed E-state index contributed by atoms with van der Waals surface area (Å²) in [5, 5.41) is 0. The SMILES string of the molecule is CC.CC(C)=C1CC=CCC1. The normalized spacial score (nSPS) is 15.5. The predicted octanol–water partition coefficient (Wildman–Crippen LogP) is 4.09. The summed E-state index contributed by atoms with van der Waals surface area (Å²) < 4.78 is 0. The van der Waals surface area contributed by atoms with Gasteiger partial charge in [-0.25, -0.2) is 0 Å². The summed E-state index contributed by atoms with van der Waals surface area (Å²) in [6, 6.07) is 0. The van der Waals surface area contributed by atoms with Crippen LogP contribution < -0.4 is 0 Å². The Bertz CT molecular complexity index is 145. The van der Waals surface area contributed by atoms with Crippen molar-refractivity contribution in [3.05, 3.63) is 23.3 Å². The number of rotatable bonds is 0. The highest BCUT2D eigenvalue weighted by atomic mass is 14.1. The third-order valence-electron chi connectivity index (χ3n) is 1.85. The molecule has 1 aliphatic carbocycles. The topological polar surface area (TPSA) is 0 Å². The first-order valence-electron chi connectivity index (χ1n) is 4.61. The maximum atomic E-state index is 2.27. The Hall–Kier alpha value is -0.520. The van der Waals surface area contributed by atoms with Crippen LogP contribution in [0.5, 0.6) is 0 Å². The molecular weight excluding hydrogens is 132 g/mol. The van der Waals surface area contributed by atoms with Gasteiger partial charge in [-0.15, -0.1) is 0 Å². The van der Waals surface area contributed by atoms with Crippen molar-refractivity contribution in [2.45, 2.75) is 47.0 Å². The zero-order valence-corrected chi connectivity index (χ0v) is 8.28. The van der Waals surface area contributed by atoms with Crippen LogP contribution in [0.4, 0.5) is 0 Å². The fourth-order valence-electron chi connectivity index (χ4n) is 1.16. The first kappa shape index (κ1) is 10.5. The van der Waals surface area contributed by atoms with Gasteiger partial charge in [-0.05, 0) is 33.1 Å². The molecule has 0 N–H and O–H groups in total. The van der Waals surface area contributed by atoms with Crippen LogP contribution in [0.15, 0.2) is 23.3 Å². The summed E-state index contributed by atoms with van der Waals surface area (Å²) in [4.78, 5) is 0. The zero-order valence-electron chi connectivity index (χ0n) is 8.28. The van der Waals surface area contributed by atoms with Crippen LogP contribution in [0, 0.1) is 0 Å². The maximum absolute atomic E-state index is 2.27. The van der Waals surface area contributed by atoms with Gasteiger partial charge in [-0.1, -0.05) is 37.1 Å². The average Bonchev–Trinajstić information content (AvgIpc) is 2.10. The van der Waals surface area contributed by atoms with Gasteiger partial charge in [-0.3, -0.25) is 0 Å². The summed E-state index contributed by atoms with van der Waals surface area (Å²) in [5.74, 6) is 0. The van der Waals surface area contributed by atoms with E-state index in [-0.39, 0.29) is 0 Å². The maximum Gasteiger partial charge on any atom is -0.0136 e. The van der Waals surface area contributed by atoms with Crippen molar-refractivity contribution in [1.29, 1.82) is 0 Å². The number of hydrogen-bond donors (Lipinski definition) is 0. The fourth-order valence-corrected chi connectivity index (χ4v) is 1.16. The van der Waals surface area contributed by atoms with Gasteiger partial charge in [0.15, 0.2) is 0 Å². The van der Waals surface area contributed by atoms with Crippen molar-refractivity contribution in [2.75, 3.05) is 0 Å². The van der Waals surface area contributed by atoms with Crippen LogP contribution in [0.3, 0.4) is 0 Å². The Balaban J connectivity index is 0.000000461. The van der Waals surface area contributed by atoms with Crippen molar-refractivity contribution in [3.63, 3.8) is 0 Å². The molecule has 0 heterocycles. The van der Waals surface area contributed by atoms with Crippen LogP contribution in [0.25, 0.3) is 0 Å². The molecule has 11 heavy (non-hydrogen) atoms. The van der Waals surface area contributed by atoms with Gasteiger partial charge in [0, 0.05) is 0 Å². The highest BCUT2D eigenvalue weighted by Gasteiger charge is 1.99. The lowest BCUT2D eigenvalue weighted by Gasteiger charge is -2.09. The van der Waals surface area contributed by atoms with Crippen molar-refractivity contribution >= 4 is 0 Å². The second-order valence-electron chi connectivity index (χ2n) is 2.82. The quantitative estimate of drug-likeness (QED) is 0.459. The molecule has 0 spiro atoms. The molecule has 0 fully saturated rings. The van der Waals surface area contributed by atoms with E-state index in [1.54, 1.807) is 5.57 Å². The Morgan fingerprint density at radius 3 is 2.09 bits per heavy atom. The molecule has 0 saturated carbocycles. The van der Waals surface area contributed by atoms with E-state index in [0.717, 1.165) is 0 Å². The molecule has 1 aliphatic rings. The first-order chi connectivity index (χ1) is 5.30. The Kier molecular flexibility index (Phi) is 5.91. The molecule has 1 rings (SSSR count). The summed E-state index contributed by atoms with van der Waals surface area (Å²) in [7, 11) is 0. The second-order valence-corrected chi connectivity index (χ2v) is 2.82. The van der Waals surface area contributed by atoms with Gasteiger partial charge in [0.2, 0.25) is 0 Å². The van der Waals surface area contributed by atoms with Gasteiger partial charge in [-0.2, -0.15) is 0 Å². The van der Waals surface area contributed by atoms with Crippen molar-refractivity contribution in [1.82, 2.24) is 0 Å². The fraction of sp³-hybridized carbons (Fsp3) is 0.636. The van der Waals surface area contributed by atoms with E-state index in [1.807, 2.05) is 13.8 Å². The zero-order chi connectivity index (χ0) is 8.69. The number of hydrogen-bond acceptors (Lipinski definition) is 0. The molecule has 0 nitrogen and oxygen atoms in total. The lowest BCUT2D eigenvalue weighted by Crippen LogP contribution is -1.89. The molecular formula is C11H20. The van der Waals surface area contributed by atoms with Crippen LogP contribution in [-0.4, -0.2) is 0 Å². The molecule has 0 aromatic carbocycles. The Labute approximate surface area is 71.0 Å². The minimum absolute atomic E-state index is 1.20. The molecule has 0 saturated heterocycles. The summed E-state index contributed by atoms with van der Waals surface area (Å²) in [6.45, 7) is 8.41. The highest BCUT2D eigenvalue weighted by molar-refractivity contribution is 5.17. The molecule has 0 aromatic rings. The van der Waals surface area contributed by atoms with Crippen molar-refractivity contribution < 1.29 is 0 Å². The van der Waals surface area contributed by atoms with Crippen LogP contribution >= 0.6 is 0 Å². The molecule has 0 bridgehead atoms. The van der Waals surface area contributed by atoms with Gasteiger partial charge in [0.1, 0.15) is 0 Å². The third kappa shape index (κ3) is 4.02. The molecule has 0 heteroatoms. The van der Waals surface area contributed by atoms with Crippen LogP contribution in [-0.2, 0) is 0 Å². The van der Waals surface area contributed by atoms with E-state index in [9.17, 15) is 0 Å². The van der Waals surface area contributed by atoms with Gasteiger partial charge in [0.05, 0.1) is 0 Å². The first-order valence-corrected chi connectivity index (χ1v) is 4.61. The molecule has 0 radical (unpaired) electrons. The molecule has 0 amide bonds. The Morgan fingerprint density at radius 1 is 1.18 bits per heavy atom. The summed E-state index contributed by atoms with van der Waals surface area (Å²) in [6.07, 6.45) is 8.28. The molecule has 0 aromatic heterocycles. The lowest BCUT2D eigenvalue weighted by atomic mass is 9.97. The van der Waals surface area contributed by atoms with Gasteiger partial charge < -0.3 is 0 Å². The Morgan fingerprint density at radius 2 is 1.82 bits per heavy atom. The minimum Gasteiger partial charge on any atom is -0.0879 e. The lowest BCUT2D eigenvalue weighted by molar-refractivity contribution is 0.879. The average molecular weight is 152 g/mol. The van der Waals surface area contributed by atoms with E-state index in [4.69, 9.17) is 0 Å². The van der Waals surface area contributed by atoms with E-state index in [2.05, 4.69) is 26.0 Å². The van der Waals surface area contributed by atoms with Crippen molar-refractivity contribution in [3.8, 4) is 0 Å². The largest absolute Gasteiger partial charge is 0.0879 e. The third-order valence-corrected chi connectivity index (χ3v) is 1.85. The second kappa shape index (κ2) is 6.21. The van der Waals surface area contributed by atoms with Gasteiger partial charge >= 0.3 is 0 Å². The smallest absolute Gasteiger partial charge is 0.0136 e. The van der Waals surface area contributed by atoms with E-state index in [1.165, 1.54) is 24.8 Å². The highest BCUT2D eigenvalue weighted by Crippen LogP contribution is 2.19. The van der Waals surface area contributed by atoms with E-state index < -0.39 is 0 Å². The molecule has 64 valence electrons. The van der Waals surface area contributed by atoms with Crippen LogP contribution in [0.2, 0.25) is 0 Å². The molecule has 0 unspecified atom stereocenters. The van der Waals surface area contributed by atoms with Crippen molar-refractivity contribution in [2.24, 2.45) is 0 Å². The minimum atomic E-state index is 1.20. The standard InChI is InChI=1S/C9H14.C2H6/c1-8(2)9-6-4-3-5-7-9;1-2/h3-4H,5-7H2,1-2H3;1-2H3. The van der Waals surface area contributed by atoms with E-state index in [0.29, 0.717) is 0 Å². The monoisotopic (exact) mass is 152 g/mol.